The van der Waals surface area contributed by atoms with Crippen LogP contribution in [0.15, 0.2) is 42.5 Å². The summed E-state index contributed by atoms with van der Waals surface area (Å²) in [7, 11) is 0. The molecule has 1 heterocycles. The highest BCUT2D eigenvalue weighted by Crippen LogP contribution is 2.36. The number of anilines is 1. The van der Waals surface area contributed by atoms with Crippen LogP contribution in [-0.4, -0.2) is 26.2 Å². The molecule has 0 bridgehead atoms. The predicted octanol–water partition coefficient (Wildman–Crippen LogP) is 4.30. The van der Waals surface area contributed by atoms with Crippen molar-refractivity contribution in [1.29, 1.82) is 0 Å². The van der Waals surface area contributed by atoms with Gasteiger partial charge >= 0.3 is 6.03 Å². The summed E-state index contributed by atoms with van der Waals surface area (Å²) in [6.45, 7) is 0.302. The third kappa shape index (κ3) is 4.20. The lowest BCUT2D eigenvalue weighted by atomic mass is 10.2. The van der Waals surface area contributed by atoms with Gasteiger partial charge in [0.25, 0.3) is 0 Å². The van der Waals surface area contributed by atoms with Crippen molar-refractivity contribution < 1.29 is 4.79 Å². The molecule has 9 heteroatoms. The van der Waals surface area contributed by atoms with Gasteiger partial charge in [0.15, 0.2) is 5.82 Å². The molecule has 4 rings (SSSR count). The van der Waals surface area contributed by atoms with E-state index in [0.29, 0.717) is 28.3 Å². The molecule has 1 aliphatic rings. The van der Waals surface area contributed by atoms with Crippen molar-refractivity contribution in [3.8, 4) is 11.4 Å². The van der Waals surface area contributed by atoms with Crippen LogP contribution >= 0.6 is 23.2 Å². The number of amides is 2. The third-order valence-electron chi connectivity index (χ3n) is 4.24. The molecule has 0 atom stereocenters. The molecule has 1 aliphatic carbocycles. The Hall–Kier alpha value is -2.64. The van der Waals surface area contributed by atoms with Crippen LogP contribution < -0.4 is 10.6 Å². The summed E-state index contributed by atoms with van der Waals surface area (Å²) in [4.78, 5) is 12.1. The van der Waals surface area contributed by atoms with Gasteiger partial charge in [0, 0.05) is 27.8 Å². The molecule has 1 fully saturated rings. The summed E-state index contributed by atoms with van der Waals surface area (Å²) >= 11 is 12.0. The first kappa shape index (κ1) is 17.8. The minimum Gasteiger partial charge on any atom is -0.334 e. The van der Waals surface area contributed by atoms with Crippen molar-refractivity contribution in [1.82, 2.24) is 25.5 Å². The smallest absolute Gasteiger partial charge is 0.319 e. The molecule has 7 nitrogen and oxygen atoms in total. The number of nitrogens with zero attached hydrogens (tertiary/aromatic N) is 4. The lowest BCUT2D eigenvalue weighted by Gasteiger charge is -2.10. The monoisotopic (exact) mass is 402 g/mol. The fourth-order valence-corrected chi connectivity index (χ4v) is 3.14. The zero-order valence-electron chi connectivity index (χ0n) is 14.2. The van der Waals surface area contributed by atoms with Gasteiger partial charge in [-0.15, -0.1) is 5.10 Å². The molecule has 2 amide bonds. The van der Waals surface area contributed by atoms with E-state index < -0.39 is 0 Å². The molecule has 3 aromatic rings. The third-order valence-corrected chi connectivity index (χ3v) is 4.83. The van der Waals surface area contributed by atoms with Crippen molar-refractivity contribution in [2.45, 2.75) is 25.4 Å². The van der Waals surface area contributed by atoms with Crippen LogP contribution in [0.4, 0.5) is 10.5 Å². The van der Waals surface area contributed by atoms with E-state index in [4.69, 9.17) is 23.2 Å². The maximum Gasteiger partial charge on any atom is 0.319 e. The van der Waals surface area contributed by atoms with Gasteiger partial charge in [0.1, 0.15) is 0 Å². The highest BCUT2D eigenvalue weighted by atomic mass is 35.5. The average molecular weight is 403 g/mol. The van der Waals surface area contributed by atoms with E-state index in [1.807, 2.05) is 28.9 Å². The summed E-state index contributed by atoms with van der Waals surface area (Å²) in [6.07, 6.45) is 2.21. The number of rotatable bonds is 5. The van der Waals surface area contributed by atoms with Gasteiger partial charge in [-0.2, -0.15) is 0 Å². The minimum atomic E-state index is -0.323. The van der Waals surface area contributed by atoms with E-state index in [1.54, 1.807) is 18.2 Å². The number of benzene rings is 2. The molecule has 0 spiro atoms. The Kier molecular flexibility index (Phi) is 4.96. The molecular formula is C18H16Cl2N6O. The zero-order chi connectivity index (χ0) is 18.8. The summed E-state index contributed by atoms with van der Waals surface area (Å²) < 4.78 is 1.85. The van der Waals surface area contributed by atoms with Crippen LogP contribution in [0.3, 0.4) is 0 Å². The molecule has 1 aromatic heterocycles. The summed E-state index contributed by atoms with van der Waals surface area (Å²) in [5.74, 6) is 0.742. The highest BCUT2D eigenvalue weighted by Gasteiger charge is 2.28. The molecule has 2 N–H and O–H groups in total. The standard InChI is InChI=1S/C18H16Cl2N6O/c19-13-4-1-12(16(20)9-13)10-21-18(27)22-14-5-2-11(3-6-14)17-23-24-25-26(17)15-7-8-15/h1-6,9,15H,7-8,10H2,(H2,21,22,27). The number of carbonyl (C=O) groups is 1. The number of urea groups is 1. The molecule has 0 aliphatic heterocycles. The van der Waals surface area contributed by atoms with Crippen molar-refractivity contribution in [2.24, 2.45) is 0 Å². The van der Waals surface area contributed by atoms with Gasteiger partial charge < -0.3 is 10.6 Å². The number of tetrazole rings is 1. The number of aromatic nitrogens is 4. The lowest BCUT2D eigenvalue weighted by molar-refractivity contribution is 0.251. The maximum absolute atomic E-state index is 12.1. The zero-order valence-corrected chi connectivity index (χ0v) is 15.7. The normalized spacial score (nSPS) is 13.4. The SMILES string of the molecule is O=C(NCc1ccc(Cl)cc1Cl)Nc1ccc(-c2nnnn2C2CC2)cc1. The van der Waals surface area contributed by atoms with E-state index >= 15 is 0 Å². The number of halogens is 2. The molecular weight excluding hydrogens is 387 g/mol. The van der Waals surface area contributed by atoms with Crippen LogP contribution in [0.5, 0.6) is 0 Å². The van der Waals surface area contributed by atoms with Gasteiger partial charge in [-0.05, 0) is 65.2 Å². The number of hydrogen-bond acceptors (Lipinski definition) is 4. The van der Waals surface area contributed by atoms with E-state index in [9.17, 15) is 4.79 Å². The van der Waals surface area contributed by atoms with Crippen molar-refractivity contribution in [3.63, 3.8) is 0 Å². The summed E-state index contributed by atoms with van der Waals surface area (Å²) in [5.41, 5.74) is 2.37. The first-order valence-corrected chi connectivity index (χ1v) is 9.23. The van der Waals surface area contributed by atoms with Crippen molar-refractivity contribution in [2.75, 3.05) is 5.32 Å². The second kappa shape index (κ2) is 7.54. The Labute approximate surface area is 165 Å². The average Bonchev–Trinajstić information content (AvgIpc) is 3.38. The lowest BCUT2D eigenvalue weighted by Crippen LogP contribution is -2.28. The minimum absolute atomic E-state index is 0.302. The van der Waals surface area contributed by atoms with E-state index in [1.165, 1.54) is 0 Å². The highest BCUT2D eigenvalue weighted by molar-refractivity contribution is 6.35. The van der Waals surface area contributed by atoms with Crippen LogP contribution in [0.25, 0.3) is 11.4 Å². The van der Waals surface area contributed by atoms with E-state index in [2.05, 4.69) is 26.2 Å². The van der Waals surface area contributed by atoms with Gasteiger partial charge in [0.2, 0.25) is 0 Å². The van der Waals surface area contributed by atoms with Crippen LogP contribution in [0.2, 0.25) is 10.0 Å². The molecule has 0 unspecified atom stereocenters. The van der Waals surface area contributed by atoms with Gasteiger partial charge in [0.05, 0.1) is 6.04 Å². The van der Waals surface area contributed by atoms with Gasteiger partial charge in [-0.3, -0.25) is 0 Å². The Morgan fingerprint density at radius 1 is 1.15 bits per heavy atom. The quantitative estimate of drug-likeness (QED) is 0.665. The first-order chi connectivity index (χ1) is 13.1. The van der Waals surface area contributed by atoms with Crippen LogP contribution in [-0.2, 0) is 6.54 Å². The van der Waals surface area contributed by atoms with Gasteiger partial charge in [-0.25, -0.2) is 9.48 Å². The Balaban J connectivity index is 1.36. The molecule has 138 valence electrons. The number of nitrogens with one attached hydrogen (secondary N) is 2. The summed E-state index contributed by atoms with van der Waals surface area (Å²) in [5, 5.41) is 18.5. The van der Waals surface area contributed by atoms with Crippen LogP contribution in [0, 0.1) is 0 Å². The maximum atomic E-state index is 12.1. The second-order valence-electron chi connectivity index (χ2n) is 6.30. The molecule has 1 saturated carbocycles. The largest absolute Gasteiger partial charge is 0.334 e. The second-order valence-corrected chi connectivity index (χ2v) is 7.14. The van der Waals surface area contributed by atoms with E-state index in [-0.39, 0.29) is 6.03 Å². The van der Waals surface area contributed by atoms with Crippen molar-refractivity contribution in [3.05, 3.63) is 58.1 Å². The van der Waals surface area contributed by atoms with E-state index in [0.717, 1.165) is 29.8 Å². The topological polar surface area (TPSA) is 84.7 Å². The molecule has 2 aromatic carbocycles. The fraction of sp³-hybridized carbons (Fsp3) is 0.222. The number of carbonyl (C=O) groups excluding carboxylic acids is 1. The summed E-state index contributed by atoms with van der Waals surface area (Å²) in [6, 6.07) is 12.6. The molecule has 27 heavy (non-hydrogen) atoms. The molecule has 0 saturated heterocycles. The van der Waals surface area contributed by atoms with Crippen molar-refractivity contribution >= 4 is 34.9 Å². The van der Waals surface area contributed by atoms with Gasteiger partial charge in [-0.1, -0.05) is 29.3 Å². The first-order valence-electron chi connectivity index (χ1n) is 8.47. The van der Waals surface area contributed by atoms with Crippen LogP contribution in [0.1, 0.15) is 24.4 Å². The molecule has 0 radical (unpaired) electrons. The fourth-order valence-electron chi connectivity index (χ4n) is 2.67. The predicted molar refractivity (Wildman–Crippen MR) is 104 cm³/mol. The Morgan fingerprint density at radius 2 is 1.93 bits per heavy atom. The Morgan fingerprint density at radius 3 is 2.63 bits per heavy atom. The number of hydrogen-bond donors (Lipinski definition) is 2. The Bertz CT molecular complexity index is 968.